The highest BCUT2D eigenvalue weighted by atomic mass is 79.9. The number of aryl methyl sites for hydroxylation is 1. The van der Waals surface area contributed by atoms with Crippen LogP contribution in [0.15, 0.2) is 112 Å². The molecule has 1 atom stereocenters. The number of hydrogen-bond acceptors (Lipinski definition) is 4. The molecule has 0 saturated carbocycles. The van der Waals surface area contributed by atoms with Crippen LogP contribution in [0.5, 0.6) is 0 Å². The normalized spacial score (nSPS) is 12.3. The van der Waals surface area contributed by atoms with Gasteiger partial charge in [0.25, 0.3) is 10.0 Å². The fourth-order valence-corrected chi connectivity index (χ4v) is 6.71. The highest BCUT2D eigenvalue weighted by Gasteiger charge is 2.35. The van der Waals surface area contributed by atoms with Crippen molar-refractivity contribution in [2.24, 2.45) is 0 Å². The lowest BCUT2D eigenvalue weighted by Crippen LogP contribution is -2.56. The fraction of sp³-hybridized carbons (Fsp3) is 0.257. The summed E-state index contributed by atoms with van der Waals surface area (Å²) in [6, 6.07) is 28.8. The molecule has 236 valence electrons. The number of nitrogens with zero attached hydrogens (tertiary/aromatic N) is 2. The Bertz CT molecular complexity index is 1730. The topological polar surface area (TPSA) is 86.8 Å². The van der Waals surface area contributed by atoms with Crippen molar-refractivity contribution in [3.05, 3.63) is 129 Å². The van der Waals surface area contributed by atoms with Gasteiger partial charge in [-0.25, -0.2) is 8.42 Å². The second-order valence-electron chi connectivity index (χ2n) is 11.9. The van der Waals surface area contributed by atoms with E-state index in [4.69, 9.17) is 11.6 Å². The number of rotatable bonds is 11. The van der Waals surface area contributed by atoms with Crippen LogP contribution in [0.1, 0.15) is 37.5 Å². The van der Waals surface area contributed by atoms with E-state index in [1.165, 1.54) is 17.0 Å². The minimum Gasteiger partial charge on any atom is -0.350 e. The van der Waals surface area contributed by atoms with Crippen molar-refractivity contribution in [1.29, 1.82) is 0 Å². The number of amides is 2. The van der Waals surface area contributed by atoms with E-state index in [-0.39, 0.29) is 23.8 Å². The van der Waals surface area contributed by atoms with Crippen molar-refractivity contribution < 1.29 is 18.0 Å². The summed E-state index contributed by atoms with van der Waals surface area (Å²) in [4.78, 5) is 30.0. The number of sulfonamides is 1. The summed E-state index contributed by atoms with van der Waals surface area (Å²) in [6.45, 7) is 7.02. The first-order valence-corrected chi connectivity index (χ1v) is 17.1. The molecule has 10 heteroatoms. The van der Waals surface area contributed by atoms with Gasteiger partial charge in [0.2, 0.25) is 11.8 Å². The molecule has 0 radical (unpaired) electrons. The van der Waals surface area contributed by atoms with Gasteiger partial charge in [-0.05, 0) is 81.3 Å². The summed E-state index contributed by atoms with van der Waals surface area (Å²) in [7, 11) is -4.18. The zero-order chi connectivity index (χ0) is 32.8. The minimum atomic E-state index is -4.18. The van der Waals surface area contributed by atoms with Crippen LogP contribution in [0.4, 0.5) is 5.69 Å². The van der Waals surface area contributed by atoms with Crippen molar-refractivity contribution in [2.75, 3.05) is 10.8 Å². The number of carbonyl (C=O) groups is 2. The molecule has 4 rings (SSSR count). The molecule has 0 heterocycles. The minimum absolute atomic E-state index is 0.0523. The van der Waals surface area contributed by atoms with Gasteiger partial charge in [-0.2, -0.15) is 0 Å². The van der Waals surface area contributed by atoms with Crippen molar-refractivity contribution >= 4 is 55.1 Å². The number of nitrogens with one attached hydrogen (secondary N) is 1. The SMILES string of the molecule is Cc1ccc(S(=O)(=O)N(CC(=O)N(Cc2ccc(Cl)cc2)C(Cc2ccccc2)C(=O)NC(C)(C)C)c2cccc(Br)c2)cc1. The van der Waals surface area contributed by atoms with Gasteiger partial charge in [-0.15, -0.1) is 0 Å². The summed E-state index contributed by atoms with van der Waals surface area (Å²) in [5.41, 5.74) is 2.24. The van der Waals surface area contributed by atoms with Crippen LogP contribution in [0.3, 0.4) is 0 Å². The third-order valence-corrected chi connectivity index (χ3v) is 9.55. The van der Waals surface area contributed by atoms with Crippen molar-refractivity contribution in [3.63, 3.8) is 0 Å². The van der Waals surface area contributed by atoms with Gasteiger partial charge in [0, 0.05) is 28.0 Å². The number of hydrogen-bond donors (Lipinski definition) is 1. The van der Waals surface area contributed by atoms with Crippen molar-refractivity contribution in [1.82, 2.24) is 10.2 Å². The molecule has 0 aromatic heterocycles. The average molecular weight is 711 g/mol. The molecule has 0 aliphatic carbocycles. The smallest absolute Gasteiger partial charge is 0.264 e. The van der Waals surface area contributed by atoms with Gasteiger partial charge in [-0.1, -0.05) is 93.8 Å². The standard InChI is InChI=1S/C35H37BrClN3O4S/c1-25-13-19-31(20-14-25)45(43,44)40(30-12-8-11-28(36)22-30)24-33(41)39(23-27-15-17-29(37)18-16-27)32(34(42)38-35(2,3)4)21-26-9-6-5-7-10-26/h5-20,22,32H,21,23-24H2,1-4H3,(H,38,42). The van der Waals surface area contributed by atoms with E-state index in [1.807, 2.05) is 58.0 Å². The molecule has 7 nitrogen and oxygen atoms in total. The lowest BCUT2D eigenvalue weighted by atomic mass is 10.0. The highest BCUT2D eigenvalue weighted by Crippen LogP contribution is 2.28. The molecule has 2 amide bonds. The van der Waals surface area contributed by atoms with Crippen LogP contribution in [0.25, 0.3) is 0 Å². The van der Waals surface area contributed by atoms with Gasteiger partial charge in [0.05, 0.1) is 10.6 Å². The van der Waals surface area contributed by atoms with E-state index in [2.05, 4.69) is 21.2 Å². The lowest BCUT2D eigenvalue weighted by molar-refractivity contribution is -0.140. The van der Waals surface area contributed by atoms with Gasteiger partial charge in [0.15, 0.2) is 0 Å². The van der Waals surface area contributed by atoms with E-state index in [1.54, 1.807) is 60.7 Å². The van der Waals surface area contributed by atoms with Gasteiger partial charge in [0.1, 0.15) is 12.6 Å². The second kappa shape index (κ2) is 14.6. The third-order valence-electron chi connectivity index (χ3n) is 7.02. The van der Waals surface area contributed by atoms with E-state index in [0.717, 1.165) is 21.0 Å². The molecular formula is C35H37BrClN3O4S. The third kappa shape index (κ3) is 9.42. The molecule has 0 bridgehead atoms. The predicted octanol–water partition coefficient (Wildman–Crippen LogP) is 7.16. The van der Waals surface area contributed by atoms with Gasteiger partial charge >= 0.3 is 0 Å². The Morgan fingerprint density at radius 1 is 0.867 bits per heavy atom. The molecule has 4 aromatic carbocycles. The largest absolute Gasteiger partial charge is 0.350 e. The van der Waals surface area contributed by atoms with Crippen LogP contribution >= 0.6 is 27.5 Å². The Morgan fingerprint density at radius 3 is 2.11 bits per heavy atom. The molecule has 1 unspecified atom stereocenters. The Kier molecular flexibility index (Phi) is 11.1. The van der Waals surface area contributed by atoms with E-state index in [0.29, 0.717) is 15.2 Å². The van der Waals surface area contributed by atoms with Gasteiger partial charge < -0.3 is 10.2 Å². The zero-order valence-electron chi connectivity index (χ0n) is 25.7. The first kappa shape index (κ1) is 34.2. The summed E-state index contributed by atoms with van der Waals surface area (Å²) in [5.74, 6) is -0.880. The lowest BCUT2D eigenvalue weighted by Gasteiger charge is -2.35. The van der Waals surface area contributed by atoms with Crippen molar-refractivity contribution in [2.45, 2.75) is 57.1 Å². The molecule has 45 heavy (non-hydrogen) atoms. The molecule has 0 aliphatic heterocycles. The number of carbonyl (C=O) groups excluding carboxylic acids is 2. The molecule has 0 aliphatic rings. The zero-order valence-corrected chi connectivity index (χ0v) is 28.9. The van der Waals surface area contributed by atoms with E-state index < -0.39 is 34.1 Å². The van der Waals surface area contributed by atoms with Crippen molar-refractivity contribution in [3.8, 4) is 0 Å². The van der Waals surface area contributed by atoms with Crippen LogP contribution in [0.2, 0.25) is 5.02 Å². The van der Waals surface area contributed by atoms with E-state index in [9.17, 15) is 18.0 Å². The average Bonchev–Trinajstić information content (AvgIpc) is 2.98. The van der Waals surface area contributed by atoms with Crippen LogP contribution in [-0.4, -0.2) is 43.3 Å². The molecular weight excluding hydrogens is 674 g/mol. The fourth-order valence-electron chi connectivity index (χ4n) is 4.79. The monoisotopic (exact) mass is 709 g/mol. The van der Waals surface area contributed by atoms with Gasteiger partial charge in [-0.3, -0.25) is 13.9 Å². The Balaban J connectivity index is 1.81. The van der Waals surface area contributed by atoms with Crippen LogP contribution in [-0.2, 0) is 32.6 Å². The maximum Gasteiger partial charge on any atom is 0.264 e. The predicted molar refractivity (Wildman–Crippen MR) is 184 cm³/mol. The summed E-state index contributed by atoms with van der Waals surface area (Å²) in [6.07, 6.45) is 0.226. The Hall–Kier alpha value is -3.66. The maximum absolute atomic E-state index is 14.5. The summed E-state index contributed by atoms with van der Waals surface area (Å²) in [5, 5.41) is 3.57. The summed E-state index contributed by atoms with van der Waals surface area (Å²) >= 11 is 9.58. The highest BCUT2D eigenvalue weighted by molar-refractivity contribution is 9.10. The molecule has 0 saturated heterocycles. The molecule has 1 N–H and O–H groups in total. The Morgan fingerprint density at radius 2 is 1.51 bits per heavy atom. The number of anilines is 1. The first-order chi connectivity index (χ1) is 21.2. The van der Waals surface area contributed by atoms with E-state index >= 15 is 0 Å². The number of benzene rings is 4. The first-order valence-electron chi connectivity index (χ1n) is 14.5. The molecule has 0 fully saturated rings. The van der Waals surface area contributed by atoms with Crippen LogP contribution in [0, 0.1) is 6.92 Å². The Labute approximate surface area is 279 Å². The molecule has 0 spiro atoms. The number of halogens is 2. The maximum atomic E-state index is 14.5. The second-order valence-corrected chi connectivity index (χ2v) is 15.1. The summed E-state index contributed by atoms with van der Waals surface area (Å²) < 4.78 is 30.0. The van der Waals surface area contributed by atoms with Crippen LogP contribution < -0.4 is 9.62 Å². The quantitative estimate of drug-likeness (QED) is 0.179. The molecule has 4 aromatic rings.